The Morgan fingerprint density at radius 3 is 2.75 bits per heavy atom. The van der Waals surface area contributed by atoms with Crippen molar-refractivity contribution in [3.8, 4) is 0 Å². The predicted octanol–water partition coefficient (Wildman–Crippen LogP) is 1.25. The van der Waals surface area contributed by atoms with E-state index in [4.69, 9.17) is 4.74 Å². The number of ether oxygens (including phenoxy) is 1. The van der Waals surface area contributed by atoms with Gasteiger partial charge in [0.05, 0.1) is 13.2 Å². The Morgan fingerprint density at radius 2 is 2.19 bits per heavy atom. The minimum atomic E-state index is -0.235. The number of hydrogen-bond acceptors (Lipinski definition) is 4. The normalized spacial score (nSPS) is 25.1. The number of anilines is 1. The highest BCUT2D eigenvalue weighted by Crippen LogP contribution is 2.15. The molecule has 0 aliphatic carbocycles. The third kappa shape index (κ3) is 2.59. The molecule has 1 atom stereocenters. The first-order valence-corrected chi connectivity index (χ1v) is 5.38. The van der Waals surface area contributed by atoms with Crippen molar-refractivity contribution < 1.29 is 9.53 Å². The summed E-state index contributed by atoms with van der Waals surface area (Å²) in [7, 11) is 0. The van der Waals surface area contributed by atoms with Gasteiger partial charge in [-0.25, -0.2) is 0 Å². The van der Waals surface area contributed by atoms with Crippen LogP contribution in [0.2, 0.25) is 0 Å². The van der Waals surface area contributed by atoms with Crippen molar-refractivity contribution >= 4 is 12.0 Å². The highest BCUT2D eigenvalue weighted by atomic mass is 16.5. The van der Waals surface area contributed by atoms with E-state index in [1.165, 1.54) is 0 Å². The molecule has 1 saturated heterocycles. The molecule has 2 N–H and O–H groups in total. The first-order chi connectivity index (χ1) is 7.72. The SMILES string of the molecule is C[C@]1(Nc2ccc(C=O)cc2)COCCN1. The zero-order valence-corrected chi connectivity index (χ0v) is 9.32. The summed E-state index contributed by atoms with van der Waals surface area (Å²) in [5, 5.41) is 6.72. The molecule has 0 aromatic heterocycles. The summed E-state index contributed by atoms with van der Waals surface area (Å²) < 4.78 is 5.42. The van der Waals surface area contributed by atoms with Crippen LogP contribution < -0.4 is 10.6 Å². The van der Waals surface area contributed by atoms with Gasteiger partial charge in [0.2, 0.25) is 0 Å². The van der Waals surface area contributed by atoms with Crippen LogP contribution in [0.15, 0.2) is 24.3 Å². The van der Waals surface area contributed by atoms with E-state index in [0.717, 1.165) is 25.1 Å². The maximum Gasteiger partial charge on any atom is 0.150 e. The monoisotopic (exact) mass is 220 g/mol. The van der Waals surface area contributed by atoms with Crippen molar-refractivity contribution in [3.05, 3.63) is 29.8 Å². The van der Waals surface area contributed by atoms with E-state index < -0.39 is 0 Å². The molecule has 16 heavy (non-hydrogen) atoms. The molecule has 1 aliphatic heterocycles. The Kier molecular flexibility index (Phi) is 3.22. The van der Waals surface area contributed by atoms with Crippen LogP contribution >= 0.6 is 0 Å². The quantitative estimate of drug-likeness (QED) is 0.753. The summed E-state index contributed by atoms with van der Waals surface area (Å²) in [5.41, 5.74) is 1.43. The Bertz CT molecular complexity index is 356. The fraction of sp³-hybridized carbons (Fsp3) is 0.417. The maximum atomic E-state index is 10.5. The van der Waals surface area contributed by atoms with Crippen molar-refractivity contribution in [2.45, 2.75) is 12.6 Å². The molecule has 1 aromatic carbocycles. The van der Waals surface area contributed by atoms with Crippen LogP contribution in [0, 0.1) is 0 Å². The van der Waals surface area contributed by atoms with Crippen molar-refractivity contribution in [2.24, 2.45) is 0 Å². The van der Waals surface area contributed by atoms with Gasteiger partial charge >= 0.3 is 0 Å². The Morgan fingerprint density at radius 1 is 1.44 bits per heavy atom. The molecule has 0 unspecified atom stereocenters. The van der Waals surface area contributed by atoms with Gasteiger partial charge in [0.25, 0.3) is 0 Å². The standard InChI is InChI=1S/C12H16N2O2/c1-12(9-16-7-6-13-12)14-11-4-2-10(8-15)3-5-11/h2-5,8,13-14H,6-7,9H2,1H3/t12-/m0/s1. The van der Waals surface area contributed by atoms with E-state index in [-0.39, 0.29) is 5.66 Å². The van der Waals surface area contributed by atoms with E-state index >= 15 is 0 Å². The fourth-order valence-electron chi connectivity index (χ4n) is 1.77. The van der Waals surface area contributed by atoms with Crippen molar-refractivity contribution in [3.63, 3.8) is 0 Å². The van der Waals surface area contributed by atoms with E-state index in [1.54, 1.807) is 12.1 Å². The largest absolute Gasteiger partial charge is 0.376 e. The van der Waals surface area contributed by atoms with Gasteiger partial charge in [0.1, 0.15) is 11.9 Å². The predicted molar refractivity (Wildman–Crippen MR) is 62.7 cm³/mol. The van der Waals surface area contributed by atoms with Gasteiger partial charge < -0.3 is 10.1 Å². The molecule has 4 heteroatoms. The minimum Gasteiger partial charge on any atom is -0.376 e. The van der Waals surface area contributed by atoms with E-state index in [9.17, 15) is 4.79 Å². The maximum absolute atomic E-state index is 10.5. The number of benzene rings is 1. The highest BCUT2D eigenvalue weighted by molar-refractivity contribution is 5.75. The molecule has 0 bridgehead atoms. The van der Waals surface area contributed by atoms with Crippen LogP contribution in [-0.2, 0) is 4.74 Å². The van der Waals surface area contributed by atoms with Crippen molar-refractivity contribution in [1.29, 1.82) is 0 Å². The molecular formula is C12H16N2O2. The zero-order valence-electron chi connectivity index (χ0n) is 9.32. The second-order valence-corrected chi connectivity index (χ2v) is 4.18. The van der Waals surface area contributed by atoms with Gasteiger partial charge in [-0.3, -0.25) is 10.1 Å². The summed E-state index contributed by atoms with van der Waals surface area (Å²) in [6.07, 6.45) is 0.841. The lowest BCUT2D eigenvalue weighted by molar-refractivity contribution is 0.0474. The summed E-state index contributed by atoms with van der Waals surface area (Å²) in [6, 6.07) is 7.38. The second-order valence-electron chi connectivity index (χ2n) is 4.18. The summed E-state index contributed by atoms with van der Waals surface area (Å²) in [6.45, 7) is 4.28. The number of rotatable bonds is 3. The van der Waals surface area contributed by atoms with Crippen LogP contribution in [0.5, 0.6) is 0 Å². The topological polar surface area (TPSA) is 50.4 Å². The van der Waals surface area contributed by atoms with E-state index in [1.807, 2.05) is 12.1 Å². The van der Waals surface area contributed by atoms with Gasteiger partial charge in [-0.1, -0.05) is 0 Å². The van der Waals surface area contributed by atoms with E-state index in [0.29, 0.717) is 12.2 Å². The van der Waals surface area contributed by atoms with Gasteiger partial charge in [-0.15, -0.1) is 0 Å². The van der Waals surface area contributed by atoms with Gasteiger partial charge in [-0.05, 0) is 31.2 Å². The third-order valence-electron chi connectivity index (χ3n) is 2.62. The Hall–Kier alpha value is -1.39. The molecule has 1 aliphatic rings. The van der Waals surface area contributed by atoms with Crippen LogP contribution in [0.1, 0.15) is 17.3 Å². The fourth-order valence-corrected chi connectivity index (χ4v) is 1.77. The minimum absolute atomic E-state index is 0.235. The molecule has 4 nitrogen and oxygen atoms in total. The highest BCUT2D eigenvalue weighted by Gasteiger charge is 2.26. The van der Waals surface area contributed by atoms with Crippen LogP contribution in [0.25, 0.3) is 0 Å². The molecule has 0 radical (unpaired) electrons. The van der Waals surface area contributed by atoms with Gasteiger partial charge in [0, 0.05) is 17.8 Å². The number of nitrogens with one attached hydrogen (secondary N) is 2. The number of carbonyl (C=O) groups is 1. The zero-order chi connectivity index (χ0) is 11.4. The molecule has 0 amide bonds. The van der Waals surface area contributed by atoms with Crippen LogP contribution in [0.3, 0.4) is 0 Å². The van der Waals surface area contributed by atoms with Crippen LogP contribution in [0.4, 0.5) is 5.69 Å². The molecule has 1 aromatic rings. The molecule has 2 rings (SSSR count). The molecule has 1 fully saturated rings. The molecule has 86 valence electrons. The summed E-state index contributed by atoms with van der Waals surface area (Å²) in [4.78, 5) is 10.5. The average Bonchev–Trinajstić information content (AvgIpc) is 2.30. The number of aldehydes is 1. The van der Waals surface area contributed by atoms with Crippen molar-refractivity contribution in [2.75, 3.05) is 25.1 Å². The number of hydrogen-bond donors (Lipinski definition) is 2. The lowest BCUT2D eigenvalue weighted by atomic mass is 10.1. The molecule has 0 spiro atoms. The number of morpholine rings is 1. The second kappa shape index (κ2) is 4.63. The first-order valence-electron chi connectivity index (χ1n) is 5.38. The lowest BCUT2D eigenvalue weighted by Gasteiger charge is -2.36. The summed E-state index contributed by atoms with van der Waals surface area (Å²) in [5.74, 6) is 0. The third-order valence-corrected chi connectivity index (χ3v) is 2.62. The Balaban J connectivity index is 2.04. The molecular weight excluding hydrogens is 204 g/mol. The first kappa shape index (κ1) is 11.1. The smallest absolute Gasteiger partial charge is 0.150 e. The average molecular weight is 220 g/mol. The van der Waals surface area contributed by atoms with Crippen LogP contribution in [-0.4, -0.2) is 31.7 Å². The number of carbonyl (C=O) groups excluding carboxylic acids is 1. The summed E-state index contributed by atoms with van der Waals surface area (Å²) >= 11 is 0. The van der Waals surface area contributed by atoms with Gasteiger partial charge in [0.15, 0.2) is 0 Å². The molecule has 0 saturated carbocycles. The lowest BCUT2D eigenvalue weighted by Crippen LogP contribution is -2.57. The van der Waals surface area contributed by atoms with Crippen molar-refractivity contribution in [1.82, 2.24) is 5.32 Å². The van der Waals surface area contributed by atoms with Gasteiger partial charge in [-0.2, -0.15) is 0 Å². The molecule has 1 heterocycles. The Labute approximate surface area is 95.0 Å². The van der Waals surface area contributed by atoms with E-state index in [2.05, 4.69) is 17.6 Å².